The van der Waals surface area contributed by atoms with E-state index >= 15 is 0 Å². The van der Waals surface area contributed by atoms with Gasteiger partial charge in [0.1, 0.15) is 17.1 Å². The summed E-state index contributed by atoms with van der Waals surface area (Å²) in [5, 5.41) is 23.8. The molecule has 5 aromatic rings. The zero-order chi connectivity index (χ0) is 24.5. The van der Waals surface area contributed by atoms with Gasteiger partial charge in [0.2, 0.25) is 0 Å². The van der Waals surface area contributed by atoms with Gasteiger partial charge in [0.15, 0.2) is 22.9 Å². The summed E-state index contributed by atoms with van der Waals surface area (Å²) in [4.78, 5) is 15.1. The van der Waals surface area contributed by atoms with E-state index in [4.69, 9.17) is 31.5 Å². The first kappa shape index (κ1) is 22.0. The third-order valence-corrected chi connectivity index (χ3v) is 5.45. The van der Waals surface area contributed by atoms with Crippen LogP contribution >= 0.6 is 11.6 Å². The standard InChI is InChI=1S/C23H16ClN7O4/c1-34-15-7-4-13(5-8-15)18-12-19(20-3-2-10-35-20)30-23(26-18)21(22(25)29-30)28-27-17-9-6-14(31(32)33)11-16(17)24/h2-12H,1H3,(H2,25,29). The molecule has 0 bridgehead atoms. The molecular weight excluding hydrogens is 474 g/mol. The minimum Gasteiger partial charge on any atom is -0.497 e. The summed E-state index contributed by atoms with van der Waals surface area (Å²) in [6, 6.07) is 16.7. The maximum absolute atomic E-state index is 11.0. The Morgan fingerprint density at radius 1 is 1.14 bits per heavy atom. The zero-order valence-corrected chi connectivity index (χ0v) is 18.9. The van der Waals surface area contributed by atoms with E-state index in [1.165, 1.54) is 22.7 Å². The summed E-state index contributed by atoms with van der Waals surface area (Å²) in [7, 11) is 1.60. The van der Waals surface area contributed by atoms with Gasteiger partial charge in [-0.05, 0) is 48.5 Å². The Kier molecular flexibility index (Phi) is 5.59. The molecule has 12 heteroatoms. The first-order valence-corrected chi connectivity index (χ1v) is 10.6. The van der Waals surface area contributed by atoms with Gasteiger partial charge < -0.3 is 14.9 Å². The van der Waals surface area contributed by atoms with E-state index in [0.29, 0.717) is 28.5 Å². The van der Waals surface area contributed by atoms with E-state index in [2.05, 4.69) is 15.3 Å². The quantitative estimate of drug-likeness (QED) is 0.169. The van der Waals surface area contributed by atoms with Crippen molar-refractivity contribution in [1.29, 1.82) is 0 Å². The van der Waals surface area contributed by atoms with Crippen LogP contribution in [0.3, 0.4) is 0 Å². The predicted octanol–water partition coefficient (Wildman–Crippen LogP) is 6.22. The number of aromatic nitrogens is 3. The molecule has 0 fully saturated rings. The largest absolute Gasteiger partial charge is 0.497 e. The molecule has 0 amide bonds. The van der Waals surface area contributed by atoms with Gasteiger partial charge in [-0.15, -0.1) is 15.3 Å². The monoisotopic (exact) mass is 489 g/mol. The third kappa shape index (κ3) is 4.15. The van der Waals surface area contributed by atoms with E-state index in [0.717, 1.165) is 5.56 Å². The van der Waals surface area contributed by atoms with Crippen LogP contribution in [0.1, 0.15) is 0 Å². The summed E-state index contributed by atoms with van der Waals surface area (Å²) < 4.78 is 12.4. The Morgan fingerprint density at radius 3 is 2.60 bits per heavy atom. The van der Waals surface area contributed by atoms with E-state index in [1.54, 1.807) is 25.5 Å². The number of benzene rings is 2. The highest BCUT2D eigenvalue weighted by Crippen LogP contribution is 2.36. The molecule has 0 spiro atoms. The average Bonchev–Trinajstić information content (AvgIpc) is 3.50. The van der Waals surface area contributed by atoms with Crippen molar-refractivity contribution in [1.82, 2.24) is 14.6 Å². The molecule has 0 aliphatic heterocycles. The van der Waals surface area contributed by atoms with Crippen LogP contribution in [0, 0.1) is 10.1 Å². The van der Waals surface area contributed by atoms with Gasteiger partial charge >= 0.3 is 0 Å². The Bertz CT molecular complexity index is 1580. The number of furan rings is 1. The second-order valence-electron chi connectivity index (χ2n) is 7.29. The van der Waals surface area contributed by atoms with Crippen LogP contribution in [0.2, 0.25) is 5.02 Å². The minimum atomic E-state index is -0.545. The van der Waals surface area contributed by atoms with Crippen molar-refractivity contribution in [3.8, 4) is 28.5 Å². The fourth-order valence-electron chi connectivity index (χ4n) is 3.42. The first-order valence-electron chi connectivity index (χ1n) is 10.2. The molecular formula is C23H16ClN7O4. The first-order chi connectivity index (χ1) is 16.9. The number of fused-ring (bicyclic) bond motifs is 1. The summed E-state index contributed by atoms with van der Waals surface area (Å²) >= 11 is 6.15. The molecule has 0 radical (unpaired) electrons. The highest BCUT2D eigenvalue weighted by atomic mass is 35.5. The second kappa shape index (κ2) is 8.88. The number of anilines is 1. The van der Waals surface area contributed by atoms with Crippen LogP contribution in [-0.2, 0) is 0 Å². The Morgan fingerprint density at radius 2 is 1.94 bits per heavy atom. The lowest BCUT2D eigenvalue weighted by Crippen LogP contribution is -1.98. The van der Waals surface area contributed by atoms with Crippen molar-refractivity contribution in [3.05, 3.63) is 82.1 Å². The van der Waals surface area contributed by atoms with Crippen molar-refractivity contribution in [2.24, 2.45) is 10.2 Å². The number of azo groups is 1. The number of rotatable bonds is 6. The number of hydrogen-bond donors (Lipinski definition) is 1. The molecule has 0 aliphatic carbocycles. The lowest BCUT2D eigenvalue weighted by Gasteiger charge is -2.07. The van der Waals surface area contributed by atoms with Crippen LogP contribution in [0.25, 0.3) is 28.4 Å². The Hall–Kier alpha value is -4.77. The second-order valence-corrected chi connectivity index (χ2v) is 7.70. The lowest BCUT2D eigenvalue weighted by atomic mass is 10.1. The minimum absolute atomic E-state index is 0.0705. The smallest absolute Gasteiger partial charge is 0.271 e. The van der Waals surface area contributed by atoms with E-state index in [1.807, 2.05) is 30.3 Å². The van der Waals surface area contributed by atoms with Crippen LogP contribution in [0.5, 0.6) is 5.75 Å². The van der Waals surface area contributed by atoms with E-state index in [-0.39, 0.29) is 27.9 Å². The summed E-state index contributed by atoms with van der Waals surface area (Å²) in [5.74, 6) is 1.35. The molecule has 11 nitrogen and oxygen atoms in total. The molecule has 2 aromatic carbocycles. The van der Waals surface area contributed by atoms with Crippen molar-refractivity contribution in [2.75, 3.05) is 12.8 Å². The predicted molar refractivity (Wildman–Crippen MR) is 129 cm³/mol. The van der Waals surface area contributed by atoms with Crippen LogP contribution in [0.15, 0.2) is 81.6 Å². The van der Waals surface area contributed by atoms with Gasteiger partial charge in [-0.2, -0.15) is 0 Å². The van der Waals surface area contributed by atoms with Gasteiger partial charge in [-0.25, -0.2) is 9.50 Å². The normalized spacial score (nSPS) is 11.4. The van der Waals surface area contributed by atoms with Crippen LogP contribution in [0.4, 0.5) is 22.9 Å². The van der Waals surface area contributed by atoms with Gasteiger partial charge in [-0.1, -0.05) is 11.6 Å². The van der Waals surface area contributed by atoms with Crippen molar-refractivity contribution in [3.63, 3.8) is 0 Å². The SMILES string of the molecule is COc1ccc(-c2cc(-c3ccco3)n3nc(N)c(N=Nc4ccc([N+](=O)[O-])cc4Cl)c3n2)cc1. The number of ether oxygens (including phenoxy) is 1. The number of hydrogen-bond acceptors (Lipinski definition) is 9. The van der Waals surface area contributed by atoms with Crippen molar-refractivity contribution >= 4 is 40.1 Å². The molecule has 5 rings (SSSR count). The highest BCUT2D eigenvalue weighted by molar-refractivity contribution is 6.33. The number of methoxy groups -OCH3 is 1. The Balaban J connectivity index is 1.66. The fraction of sp³-hybridized carbons (Fsp3) is 0.0435. The molecule has 2 N–H and O–H groups in total. The van der Waals surface area contributed by atoms with Gasteiger partial charge in [0.05, 0.1) is 29.0 Å². The van der Waals surface area contributed by atoms with E-state index in [9.17, 15) is 10.1 Å². The average molecular weight is 490 g/mol. The number of nitro benzene ring substituents is 1. The number of nitro groups is 1. The summed E-state index contributed by atoms with van der Waals surface area (Å²) in [6.07, 6.45) is 1.55. The molecule has 0 saturated heterocycles. The van der Waals surface area contributed by atoms with Crippen molar-refractivity contribution in [2.45, 2.75) is 0 Å². The number of nitrogens with zero attached hydrogens (tertiary/aromatic N) is 6. The molecule has 0 aliphatic rings. The molecule has 3 aromatic heterocycles. The molecule has 0 unspecified atom stereocenters. The Labute approximate surface area is 202 Å². The van der Waals surface area contributed by atoms with Gasteiger partial charge in [0.25, 0.3) is 5.69 Å². The molecule has 174 valence electrons. The van der Waals surface area contributed by atoms with Crippen LogP contribution < -0.4 is 10.5 Å². The molecule has 0 atom stereocenters. The maximum Gasteiger partial charge on any atom is 0.271 e. The highest BCUT2D eigenvalue weighted by Gasteiger charge is 2.19. The maximum atomic E-state index is 11.0. The number of halogens is 1. The summed E-state index contributed by atoms with van der Waals surface area (Å²) in [6.45, 7) is 0. The summed E-state index contributed by atoms with van der Waals surface area (Å²) in [5.41, 5.74) is 8.84. The van der Waals surface area contributed by atoms with Crippen LogP contribution in [-0.4, -0.2) is 26.6 Å². The fourth-order valence-corrected chi connectivity index (χ4v) is 3.63. The lowest BCUT2D eigenvalue weighted by molar-refractivity contribution is -0.384. The number of non-ortho nitro benzene ring substituents is 1. The van der Waals surface area contributed by atoms with Crippen molar-refractivity contribution < 1.29 is 14.1 Å². The zero-order valence-electron chi connectivity index (χ0n) is 18.1. The molecule has 3 heterocycles. The number of nitrogen functional groups attached to an aromatic ring is 1. The molecule has 35 heavy (non-hydrogen) atoms. The van der Waals surface area contributed by atoms with Gasteiger partial charge in [-0.3, -0.25) is 10.1 Å². The van der Waals surface area contributed by atoms with Gasteiger partial charge in [0, 0.05) is 17.7 Å². The van der Waals surface area contributed by atoms with E-state index < -0.39 is 4.92 Å². The number of nitrogens with two attached hydrogens (primary N) is 1. The topological polar surface area (TPSA) is 146 Å². The molecule has 0 saturated carbocycles. The third-order valence-electron chi connectivity index (χ3n) is 5.15.